The highest BCUT2D eigenvalue weighted by Crippen LogP contribution is 2.47. The van der Waals surface area contributed by atoms with E-state index >= 15 is 0 Å². The molecule has 7 heteroatoms. The average molecular weight is 487 g/mol. The van der Waals surface area contributed by atoms with Crippen LogP contribution in [0.2, 0.25) is 0 Å². The van der Waals surface area contributed by atoms with Crippen LogP contribution in [-0.2, 0) is 0 Å². The quantitative estimate of drug-likeness (QED) is 0.163. The normalized spacial score (nSPS) is 22.1. The van der Waals surface area contributed by atoms with Gasteiger partial charge >= 0.3 is 0 Å². The van der Waals surface area contributed by atoms with Crippen LogP contribution < -0.4 is 0 Å². The molecule has 1 spiro atoms. The molecule has 1 saturated carbocycles. The van der Waals surface area contributed by atoms with Gasteiger partial charge in [-0.25, -0.2) is 4.99 Å². The molecule has 2 fully saturated rings. The van der Waals surface area contributed by atoms with Crippen molar-refractivity contribution in [3.63, 3.8) is 0 Å². The SMILES string of the molecule is CCCC(I)N1C(=Nc2ccc([N+](=O)[O-])cc2C)SCC12CCCCC2. The van der Waals surface area contributed by atoms with Crippen molar-refractivity contribution in [3.05, 3.63) is 33.9 Å². The molecule has 1 atom stereocenters. The Hall–Kier alpha value is -0.830. The predicted octanol–water partition coefficient (Wildman–Crippen LogP) is 6.20. The Morgan fingerprint density at radius 2 is 2.12 bits per heavy atom. The molecule has 1 aliphatic heterocycles. The minimum absolute atomic E-state index is 0.129. The largest absolute Gasteiger partial charge is 0.333 e. The van der Waals surface area contributed by atoms with E-state index in [1.165, 1.54) is 32.1 Å². The second kappa shape index (κ2) is 8.46. The van der Waals surface area contributed by atoms with Crippen molar-refractivity contribution in [2.75, 3.05) is 5.75 Å². The van der Waals surface area contributed by atoms with E-state index in [1.54, 1.807) is 18.2 Å². The van der Waals surface area contributed by atoms with Gasteiger partial charge in [-0.15, -0.1) is 0 Å². The highest BCUT2D eigenvalue weighted by atomic mass is 127. The maximum absolute atomic E-state index is 11.0. The van der Waals surface area contributed by atoms with E-state index in [0.717, 1.165) is 35.0 Å². The number of halogens is 1. The lowest BCUT2D eigenvalue weighted by Crippen LogP contribution is -2.51. The van der Waals surface area contributed by atoms with Crippen molar-refractivity contribution < 1.29 is 4.92 Å². The van der Waals surface area contributed by atoms with Gasteiger partial charge in [-0.2, -0.15) is 0 Å². The predicted molar refractivity (Wildman–Crippen MR) is 118 cm³/mol. The second-order valence-corrected chi connectivity index (χ2v) is 9.67. The Balaban J connectivity index is 1.94. The second-order valence-electron chi connectivity index (χ2n) is 7.29. The topological polar surface area (TPSA) is 58.7 Å². The van der Waals surface area contributed by atoms with Gasteiger partial charge in [-0.3, -0.25) is 10.1 Å². The zero-order valence-corrected chi connectivity index (χ0v) is 18.4. The summed E-state index contributed by atoms with van der Waals surface area (Å²) in [6.07, 6.45) is 8.76. The molecule has 1 aromatic rings. The van der Waals surface area contributed by atoms with Crippen LogP contribution in [0.3, 0.4) is 0 Å². The molecule has 0 N–H and O–H groups in total. The molecule has 2 aliphatic rings. The highest BCUT2D eigenvalue weighted by Gasteiger charge is 2.47. The van der Waals surface area contributed by atoms with E-state index in [-0.39, 0.29) is 16.1 Å². The van der Waals surface area contributed by atoms with Crippen molar-refractivity contribution in [3.8, 4) is 0 Å². The molecular weight excluding hydrogens is 461 g/mol. The summed E-state index contributed by atoms with van der Waals surface area (Å²) in [5.74, 6) is 1.11. The van der Waals surface area contributed by atoms with Crippen LogP contribution in [-0.4, -0.2) is 30.3 Å². The Kier molecular flexibility index (Phi) is 6.48. The van der Waals surface area contributed by atoms with Gasteiger partial charge in [0, 0.05) is 17.9 Å². The van der Waals surface area contributed by atoms with Gasteiger partial charge < -0.3 is 4.90 Å². The summed E-state index contributed by atoms with van der Waals surface area (Å²) in [7, 11) is 0. The molecule has 1 saturated heterocycles. The summed E-state index contributed by atoms with van der Waals surface area (Å²) in [4.78, 5) is 18.2. The molecular formula is C19H26IN3O2S. The van der Waals surface area contributed by atoms with Crippen molar-refractivity contribution in [1.29, 1.82) is 0 Å². The first kappa shape index (κ1) is 19.9. The Labute approximate surface area is 173 Å². The number of nitro benzene ring substituents is 1. The fraction of sp³-hybridized carbons (Fsp3) is 0.632. The van der Waals surface area contributed by atoms with E-state index in [1.807, 2.05) is 18.7 Å². The smallest absolute Gasteiger partial charge is 0.269 e. The van der Waals surface area contributed by atoms with Gasteiger partial charge in [0.1, 0.15) is 0 Å². The number of hydrogen-bond acceptors (Lipinski definition) is 4. The van der Waals surface area contributed by atoms with Crippen LogP contribution in [0.5, 0.6) is 0 Å². The van der Waals surface area contributed by atoms with Crippen molar-refractivity contribution in [2.24, 2.45) is 4.99 Å². The summed E-state index contributed by atoms with van der Waals surface area (Å²) in [5.41, 5.74) is 2.08. The van der Waals surface area contributed by atoms with E-state index in [0.29, 0.717) is 4.05 Å². The lowest BCUT2D eigenvalue weighted by Gasteiger charge is -2.44. The first-order chi connectivity index (χ1) is 12.5. The van der Waals surface area contributed by atoms with Crippen molar-refractivity contribution in [2.45, 2.75) is 68.4 Å². The van der Waals surface area contributed by atoms with Crippen LogP contribution in [0.25, 0.3) is 0 Å². The molecule has 0 radical (unpaired) electrons. The molecule has 26 heavy (non-hydrogen) atoms. The highest BCUT2D eigenvalue weighted by molar-refractivity contribution is 14.1. The minimum atomic E-state index is -0.348. The number of thioether (sulfide) groups is 1. The Morgan fingerprint density at radius 1 is 1.38 bits per heavy atom. The van der Waals surface area contributed by atoms with Crippen LogP contribution in [0.1, 0.15) is 57.4 Å². The number of non-ortho nitro benzene ring substituents is 1. The fourth-order valence-electron chi connectivity index (χ4n) is 3.99. The van der Waals surface area contributed by atoms with Crippen LogP contribution in [0.4, 0.5) is 11.4 Å². The first-order valence-corrected chi connectivity index (χ1v) is 11.6. The molecule has 1 unspecified atom stereocenters. The number of rotatable bonds is 5. The Morgan fingerprint density at radius 3 is 2.73 bits per heavy atom. The molecule has 1 aliphatic carbocycles. The van der Waals surface area contributed by atoms with Gasteiger partial charge in [-0.1, -0.05) is 67.0 Å². The molecule has 0 amide bonds. The molecule has 142 valence electrons. The minimum Gasteiger partial charge on any atom is -0.333 e. The molecule has 0 bridgehead atoms. The summed E-state index contributed by atoms with van der Waals surface area (Å²) in [6.45, 7) is 4.14. The number of nitrogens with zero attached hydrogens (tertiary/aromatic N) is 3. The Bertz CT molecular complexity index is 704. The number of aryl methyl sites for hydroxylation is 1. The van der Waals surface area contributed by atoms with E-state index in [4.69, 9.17) is 4.99 Å². The number of benzene rings is 1. The molecule has 5 nitrogen and oxygen atoms in total. The maximum Gasteiger partial charge on any atom is 0.269 e. The van der Waals surface area contributed by atoms with Gasteiger partial charge in [-0.05, 0) is 37.8 Å². The average Bonchev–Trinajstić information content (AvgIpc) is 2.95. The number of alkyl halides is 1. The van der Waals surface area contributed by atoms with E-state index in [2.05, 4.69) is 34.4 Å². The fourth-order valence-corrected chi connectivity index (χ4v) is 7.10. The molecule has 3 rings (SSSR count). The maximum atomic E-state index is 11.0. The molecule has 0 aromatic heterocycles. The molecule has 1 heterocycles. The number of amidine groups is 1. The summed E-state index contributed by atoms with van der Waals surface area (Å²) in [6, 6.07) is 4.96. The summed E-state index contributed by atoms with van der Waals surface area (Å²) in [5, 5.41) is 12.1. The van der Waals surface area contributed by atoms with Gasteiger partial charge in [0.2, 0.25) is 0 Å². The summed E-state index contributed by atoms with van der Waals surface area (Å²) < 4.78 is 0.447. The van der Waals surface area contributed by atoms with E-state index in [9.17, 15) is 10.1 Å². The van der Waals surface area contributed by atoms with Gasteiger partial charge in [0.25, 0.3) is 5.69 Å². The van der Waals surface area contributed by atoms with Crippen LogP contribution >= 0.6 is 34.4 Å². The lowest BCUT2D eigenvalue weighted by molar-refractivity contribution is -0.384. The third-order valence-corrected chi connectivity index (χ3v) is 7.79. The lowest BCUT2D eigenvalue weighted by atomic mass is 9.82. The number of nitro groups is 1. The van der Waals surface area contributed by atoms with Crippen LogP contribution in [0, 0.1) is 17.0 Å². The monoisotopic (exact) mass is 487 g/mol. The first-order valence-electron chi connectivity index (χ1n) is 9.37. The number of hydrogen-bond donors (Lipinski definition) is 0. The summed E-state index contributed by atoms with van der Waals surface area (Å²) >= 11 is 4.44. The van der Waals surface area contributed by atoms with Gasteiger partial charge in [0.15, 0.2) is 5.17 Å². The van der Waals surface area contributed by atoms with Crippen molar-refractivity contribution >= 4 is 50.9 Å². The van der Waals surface area contributed by atoms with E-state index < -0.39 is 0 Å². The third-order valence-electron chi connectivity index (χ3n) is 5.39. The zero-order chi connectivity index (χ0) is 18.7. The standard InChI is InChI=1S/C19H26IN3O2S/c1-3-7-17(20)22-18(26-13-19(22)10-5-4-6-11-19)21-16-9-8-15(23(24)25)12-14(16)2/h8-9,12,17H,3-7,10-11,13H2,1-2H3. The third kappa shape index (κ3) is 4.03. The van der Waals surface area contributed by atoms with Crippen molar-refractivity contribution in [1.82, 2.24) is 4.90 Å². The van der Waals surface area contributed by atoms with Crippen LogP contribution in [0.15, 0.2) is 23.2 Å². The number of aliphatic imine (C=N–C) groups is 1. The molecule has 1 aromatic carbocycles. The van der Waals surface area contributed by atoms with Gasteiger partial charge in [0.05, 0.1) is 20.2 Å². The zero-order valence-electron chi connectivity index (χ0n) is 15.4.